The molecule has 2 aliphatic rings. The van der Waals surface area contributed by atoms with Crippen LogP contribution in [0.2, 0.25) is 0 Å². The first-order chi connectivity index (χ1) is 25.3. The lowest BCUT2D eigenvalue weighted by Crippen LogP contribution is -2.65. The summed E-state index contributed by atoms with van der Waals surface area (Å²) in [6.07, 6.45) is 2.14. The lowest BCUT2D eigenvalue weighted by molar-refractivity contribution is -0.148. The average molecular weight is 717 g/mol. The molecule has 3 amide bonds. The summed E-state index contributed by atoms with van der Waals surface area (Å²) in [5, 5.41) is 2.80. The highest BCUT2D eigenvalue weighted by molar-refractivity contribution is 7.96. The SMILES string of the molecule is C=CCCC(=O)C(N1C(=O)[C@H](CC)C1CC(=O)c1ccc(OCC(=O)N2CCOC2=O)cc1)=P(c1ccccc1)(c1ccccc1)c1ccccc1. The van der Waals surface area contributed by atoms with Crippen LogP contribution in [0.25, 0.3) is 0 Å². The smallest absolute Gasteiger partial charge is 0.416 e. The predicted octanol–water partition coefficient (Wildman–Crippen LogP) is 5.51. The van der Waals surface area contributed by atoms with Gasteiger partial charge in [-0.3, -0.25) is 19.2 Å². The molecule has 0 N–H and O–H groups in total. The zero-order valence-corrected chi connectivity index (χ0v) is 30.0. The lowest BCUT2D eigenvalue weighted by Gasteiger charge is -2.50. The van der Waals surface area contributed by atoms with E-state index < -0.39 is 30.8 Å². The summed E-state index contributed by atoms with van der Waals surface area (Å²) in [7, 11) is 0. The van der Waals surface area contributed by atoms with Gasteiger partial charge in [0.1, 0.15) is 12.4 Å². The Balaban J connectivity index is 1.41. The molecule has 0 saturated carbocycles. The molecule has 2 heterocycles. The van der Waals surface area contributed by atoms with Gasteiger partial charge in [0.25, 0.3) is 5.91 Å². The van der Waals surface area contributed by atoms with Crippen molar-refractivity contribution in [2.75, 3.05) is 19.8 Å². The first-order valence-electron chi connectivity index (χ1n) is 17.4. The Kier molecular flexibility index (Phi) is 11.3. The van der Waals surface area contributed by atoms with E-state index in [1.807, 2.05) is 97.9 Å². The first-order valence-corrected chi connectivity index (χ1v) is 19.2. The van der Waals surface area contributed by atoms with E-state index in [-0.39, 0.29) is 50.1 Å². The molecule has 52 heavy (non-hydrogen) atoms. The van der Waals surface area contributed by atoms with Crippen molar-refractivity contribution < 1.29 is 33.4 Å². The Bertz CT molecular complexity index is 1910. The maximum absolute atomic E-state index is 14.8. The van der Waals surface area contributed by atoms with Gasteiger partial charge in [-0.2, -0.15) is 0 Å². The number of ketones is 2. The Morgan fingerprint density at radius 1 is 0.846 bits per heavy atom. The van der Waals surface area contributed by atoms with E-state index in [0.29, 0.717) is 29.6 Å². The van der Waals surface area contributed by atoms with Crippen LogP contribution in [0.15, 0.2) is 128 Å². The van der Waals surface area contributed by atoms with Gasteiger partial charge in [0, 0.05) is 25.3 Å². The highest BCUT2D eigenvalue weighted by atomic mass is 31.2. The molecule has 1 unspecified atom stereocenters. The van der Waals surface area contributed by atoms with Gasteiger partial charge in [-0.25, -0.2) is 9.69 Å². The molecule has 0 aromatic heterocycles. The van der Waals surface area contributed by atoms with E-state index in [2.05, 4.69) is 6.58 Å². The second-order valence-electron chi connectivity index (χ2n) is 12.6. The minimum Gasteiger partial charge on any atom is -0.484 e. The molecule has 10 heteroatoms. The minimum atomic E-state index is -2.99. The van der Waals surface area contributed by atoms with Gasteiger partial charge in [0.05, 0.1) is 23.9 Å². The van der Waals surface area contributed by atoms with Gasteiger partial charge in [-0.15, -0.1) is 6.58 Å². The molecule has 4 aromatic rings. The molecule has 9 nitrogen and oxygen atoms in total. The number of carbonyl (C=O) groups excluding carboxylic acids is 5. The number of ether oxygens (including phenoxy) is 2. The standard InChI is InChI=1S/C42H41N2O7P/c1-3-5-21-37(45)41(52(32-15-9-6-10-16-32,33-17-11-7-12-18-33)34-19-13-8-14-20-34)44-36(35(4-2)40(44)48)28-38(46)30-22-24-31(25-23-30)51-29-39(47)43-26-27-50-42(43)49/h3,6-20,22-25,35-36H,1,4-5,21,26-29H2,2H3/t35-,36?/m1/s1. The molecule has 266 valence electrons. The second kappa shape index (κ2) is 16.2. The van der Waals surface area contributed by atoms with Gasteiger partial charge in [0.2, 0.25) is 5.91 Å². The molecule has 0 bridgehead atoms. The van der Waals surface area contributed by atoms with Gasteiger partial charge < -0.3 is 14.4 Å². The number of Topliss-reactive ketones (excluding diaryl/α,β-unsaturated/α-hetero) is 2. The minimum absolute atomic E-state index is 0.0105. The number of allylic oxidation sites excluding steroid dienone is 1. The van der Waals surface area contributed by atoms with Gasteiger partial charge >= 0.3 is 6.09 Å². The molecule has 2 fully saturated rings. The number of hydrogen-bond donors (Lipinski definition) is 0. The van der Waals surface area contributed by atoms with Crippen molar-refractivity contribution in [2.24, 2.45) is 5.92 Å². The van der Waals surface area contributed by atoms with Crippen LogP contribution in [-0.2, 0) is 19.1 Å². The fourth-order valence-corrected chi connectivity index (χ4v) is 11.6. The topological polar surface area (TPSA) is 110 Å². The average Bonchev–Trinajstić information content (AvgIpc) is 3.63. The maximum Gasteiger partial charge on any atom is 0.416 e. The molecule has 0 aliphatic carbocycles. The lowest BCUT2D eigenvalue weighted by atomic mass is 9.81. The molecule has 6 rings (SSSR count). The largest absolute Gasteiger partial charge is 0.484 e. The molecular weight excluding hydrogens is 675 g/mol. The normalized spacial score (nSPS) is 16.9. The summed E-state index contributed by atoms with van der Waals surface area (Å²) in [5.41, 5.74) is 0.839. The van der Waals surface area contributed by atoms with Crippen LogP contribution in [0, 0.1) is 5.92 Å². The Morgan fingerprint density at radius 3 is 1.88 bits per heavy atom. The number of likely N-dealkylation sites (tertiary alicyclic amines) is 1. The van der Waals surface area contributed by atoms with Crippen molar-refractivity contribution in [2.45, 2.75) is 38.6 Å². The van der Waals surface area contributed by atoms with Crippen LogP contribution in [-0.4, -0.2) is 70.5 Å². The molecule has 4 aromatic carbocycles. The van der Waals surface area contributed by atoms with Gasteiger partial charge in [-0.1, -0.05) is 104 Å². The fraction of sp³-hybridized carbons (Fsp3) is 0.238. The zero-order valence-electron chi connectivity index (χ0n) is 29.1. The Labute approximate surface area is 303 Å². The third-order valence-electron chi connectivity index (χ3n) is 9.59. The molecule has 0 radical (unpaired) electrons. The molecule has 2 aliphatic heterocycles. The number of rotatable bonds is 15. The zero-order chi connectivity index (χ0) is 36.7. The van der Waals surface area contributed by atoms with Crippen molar-refractivity contribution in [1.82, 2.24) is 9.80 Å². The van der Waals surface area contributed by atoms with Crippen LogP contribution >= 0.6 is 6.89 Å². The van der Waals surface area contributed by atoms with Crippen molar-refractivity contribution >= 4 is 57.7 Å². The molecule has 2 atom stereocenters. The van der Waals surface area contributed by atoms with Gasteiger partial charge in [0.15, 0.2) is 18.2 Å². The van der Waals surface area contributed by atoms with Gasteiger partial charge in [-0.05, 0) is 53.0 Å². The number of benzene rings is 4. The summed E-state index contributed by atoms with van der Waals surface area (Å²) in [5.74, 6) is -1.10. The third kappa shape index (κ3) is 7.01. The number of amides is 3. The number of hydrogen-bond acceptors (Lipinski definition) is 7. The van der Waals surface area contributed by atoms with E-state index in [9.17, 15) is 24.0 Å². The number of β-lactam (4-membered cyclic amide) rings is 1. The number of cyclic esters (lactones) is 1. The van der Waals surface area contributed by atoms with E-state index in [1.54, 1.807) is 35.2 Å². The van der Waals surface area contributed by atoms with E-state index in [4.69, 9.17) is 9.47 Å². The van der Waals surface area contributed by atoms with Crippen LogP contribution in [0.4, 0.5) is 4.79 Å². The number of nitrogens with zero attached hydrogens (tertiary/aromatic N) is 2. The van der Waals surface area contributed by atoms with Crippen LogP contribution in [0.5, 0.6) is 5.75 Å². The van der Waals surface area contributed by atoms with Crippen molar-refractivity contribution in [3.63, 3.8) is 0 Å². The number of imide groups is 1. The monoisotopic (exact) mass is 716 g/mol. The molecular formula is C42H41N2O7P. The summed E-state index contributed by atoms with van der Waals surface area (Å²) >= 11 is 0. The highest BCUT2D eigenvalue weighted by Crippen LogP contribution is 2.50. The Hall–Kier alpha value is -5.53. The highest BCUT2D eigenvalue weighted by Gasteiger charge is 2.52. The van der Waals surface area contributed by atoms with E-state index >= 15 is 0 Å². The molecule has 0 spiro atoms. The predicted molar refractivity (Wildman–Crippen MR) is 203 cm³/mol. The van der Waals surface area contributed by atoms with Crippen molar-refractivity contribution in [1.29, 1.82) is 0 Å². The van der Waals surface area contributed by atoms with Crippen molar-refractivity contribution in [3.8, 4) is 5.75 Å². The van der Waals surface area contributed by atoms with E-state index in [1.165, 1.54) is 0 Å². The summed E-state index contributed by atoms with van der Waals surface area (Å²) in [6.45, 7) is 2.77. The Morgan fingerprint density at radius 2 is 1.40 bits per heavy atom. The summed E-state index contributed by atoms with van der Waals surface area (Å²) < 4.78 is 10.4. The summed E-state index contributed by atoms with van der Waals surface area (Å²) in [6, 6.07) is 35.6. The maximum atomic E-state index is 14.8. The van der Waals surface area contributed by atoms with Crippen LogP contribution in [0.1, 0.15) is 43.0 Å². The van der Waals surface area contributed by atoms with Crippen molar-refractivity contribution in [3.05, 3.63) is 133 Å². The first kappa shape index (κ1) is 36.3. The third-order valence-corrected chi connectivity index (χ3v) is 13.9. The molecule has 2 saturated heterocycles. The summed E-state index contributed by atoms with van der Waals surface area (Å²) in [4.78, 5) is 69.8. The fourth-order valence-electron chi connectivity index (χ4n) is 7.03. The van der Waals surface area contributed by atoms with E-state index in [0.717, 1.165) is 20.8 Å². The number of carbonyl (C=O) groups is 5. The van der Waals surface area contributed by atoms with Crippen LogP contribution in [0.3, 0.4) is 0 Å². The van der Waals surface area contributed by atoms with Crippen LogP contribution < -0.4 is 20.7 Å². The quantitative estimate of drug-likeness (QED) is 0.0691. The second-order valence-corrected chi connectivity index (χ2v) is 16.0.